The van der Waals surface area contributed by atoms with E-state index in [-0.39, 0.29) is 30.4 Å². The van der Waals surface area contributed by atoms with E-state index < -0.39 is 17.7 Å². The number of rotatable bonds is 9. The highest BCUT2D eigenvalue weighted by molar-refractivity contribution is 7.14. The number of nitrogens with one attached hydrogen (secondary N) is 1. The minimum Gasteiger partial charge on any atom is -0.485 e. The molecule has 0 aliphatic heterocycles. The number of halogens is 3. The van der Waals surface area contributed by atoms with Crippen molar-refractivity contribution in [2.75, 3.05) is 6.54 Å². The topological polar surface area (TPSA) is 75.6 Å². The Labute approximate surface area is 218 Å². The Morgan fingerprint density at radius 1 is 1.03 bits per heavy atom. The Hall–Kier alpha value is -3.33. The second-order valence-electron chi connectivity index (χ2n) is 10.0. The average Bonchev–Trinajstić information content (AvgIpc) is 3.28. The zero-order chi connectivity index (χ0) is 27.4. The molecule has 2 aromatic carbocycles. The molecule has 0 radical (unpaired) electrons. The number of carboxylic acid groups (broad SMARTS) is 1. The van der Waals surface area contributed by atoms with Crippen LogP contribution in [0.4, 0.5) is 13.2 Å². The molecule has 0 spiro atoms. The Morgan fingerprint density at radius 2 is 1.70 bits per heavy atom. The second-order valence-corrected chi connectivity index (χ2v) is 11.1. The summed E-state index contributed by atoms with van der Waals surface area (Å²) in [5.74, 6) is -0.697. The summed E-state index contributed by atoms with van der Waals surface area (Å²) in [6, 6.07) is 14.1. The molecule has 9 heteroatoms. The van der Waals surface area contributed by atoms with Crippen molar-refractivity contribution in [1.82, 2.24) is 5.32 Å². The first kappa shape index (κ1) is 28.2. The molecule has 1 aromatic heterocycles. The van der Waals surface area contributed by atoms with E-state index in [1.165, 1.54) is 23.5 Å². The van der Waals surface area contributed by atoms with Crippen LogP contribution in [-0.4, -0.2) is 23.5 Å². The molecule has 1 unspecified atom stereocenters. The fourth-order valence-electron chi connectivity index (χ4n) is 3.81. The summed E-state index contributed by atoms with van der Waals surface area (Å²) in [6.07, 6.45) is -4.19. The minimum atomic E-state index is -4.38. The van der Waals surface area contributed by atoms with Crippen LogP contribution in [0.15, 0.2) is 54.6 Å². The van der Waals surface area contributed by atoms with Gasteiger partial charge >= 0.3 is 12.1 Å². The lowest BCUT2D eigenvalue weighted by Gasteiger charge is -2.26. The molecule has 1 heterocycles. The van der Waals surface area contributed by atoms with Crippen LogP contribution in [0.3, 0.4) is 0 Å². The number of aliphatic carboxylic acids is 1. The number of amides is 1. The van der Waals surface area contributed by atoms with Gasteiger partial charge in [0.05, 0.1) is 16.9 Å². The summed E-state index contributed by atoms with van der Waals surface area (Å²) in [4.78, 5) is 24.4. The Morgan fingerprint density at radius 3 is 2.27 bits per heavy atom. The summed E-state index contributed by atoms with van der Waals surface area (Å²) >= 11 is 1.30. The smallest absolute Gasteiger partial charge is 0.416 e. The molecule has 1 atom stereocenters. The van der Waals surface area contributed by atoms with E-state index in [0.29, 0.717) is 22.6 Å². The Bertz CT molecular complexity index is 1240. The molecule has 0 aliphatic rings. The van der Waals surface area contributed by atoms with Gasteiger partial charge in [0, 0.05) is 11.4 Å². The first-order valence-corrected chi connectivity index (χ1v) is 12.6. The number of ether oxygens (including phenoxy) is 1. The van der Waals surface area contributed by atoms with Crippen LogP contribution in [0.2, 0.25) is 0 Å². The van der Waals surface area contributed by atoms with E-state index in [1.807, 2.05) is 25.1 Å². The summed E-state index contributed by atoms with van der Waals surface area (Å²) < 4.78 is 45.1. The van der Waals surface area contributed by atoms with E-state index in [9.17, 15) is 22.8 Å². The Kier molecular flexibility index (Phi) is 8.68. The third-order valence-corrected chi connectivity index (χ3v) is 6.77. The van der Waals surface area contributed by atoms with Gasteiger partial charge in [-0.15, -0.1) is 11.3 Å². The number of carboxylic acids is 1. The van der Waals surface area contributed by atoms with Gasteiger partial charge in [-0.3, -0.25) is 9.59 Å². The SMILES string of the molecule is Cc1cc(OC(CC(C)(C)C)c2ccc(C(=O)NCCC(=O)O)s2)ccc1-c1ccc(C(F)(F)F)cc1. The van der Waals surface area contributed by atoms with Crippen molar-refractivity contribution in [3.8, 4) is 16.9 Å². The molecule has 0 saturated carbocycles. The molecule has 37 heavy (non-hydrogen) atoms. The Balaban J connectivity index is 1.79. The summed E-state index contributed by atoms with van der Waals surface area (Å²) in [6.45, 7) is 8.21. The van der Waals surface area contributed by atoms with Crippen LogP contribution in [-0.2, 0) is 11.0 Å². The van der Waals surface area contributed by atoms with Gasteiger partial charge in [-0.2, -0.15) is 13.2 Å². The van der Waals surface area contributed by atoms with E-state index in [0.717, 1.165) is 28.1 Å². The number of hydrogen-bond donors (Lipinski definition) is 2. The maximum absolute atomic E-state index is 12.9. The molecule has 198 valence electrons. The highest BCUT2D eigenvalue weighted by atomic mass is 32.1. The van der Waals surface area contributed by atoms with Crippen LogP contribution in [0.25, 0.3) is 11.1 Å². The van der Waals surface area contributed by atoms with Gasteiger partial charge in [-0.05, 0) is 71.8 Å². The molecule has 2 N–H and O–H groups in total. The largest absolute Gasteiger partial charge is 0.485 e. The molecular formula is C28H30F3NO4S. The number of carbonyl (C=O) groups excluding carboxylic acids is 1. The van der Waals surface area contributed by atoms with Gasteiger partial charge in [0.1, 0.15) is 11.9 Å². The van der Waals surface area contributed by atoms with Crippen molar-refractivity contribution >= 4 is 23.2 Å². The lowest BCUT2D eigenvalue weighted by Crippen LogP contribution is -2.25. The first-order valence-electron chi connectivity index (χ1n) is 11.8. The minimum absolute atomic E-state index is 0.0495. The van der Waals surface area contributed by atoms with Crippen molar-refractivity contribution in [2.24, 2.45) is 5.41 Å². The molecule has 0 saturated heterocycles. The third-order valence-electron chi connectivity index (χ3n) is 5.59. The van der Waals surface area contributed by atoms with Crippen molar-refractivity contribution < 1.29 is 32.6 Å². The van der Waals surface area contributed by atoms with Crippen LogP contribution < -0.4 is 10.1 Å². The predicted octanol–water partition coefficient (Wildman–Crippen LogP) is 7.50. The zero-order valence-electron chi connectivity index (χ0n) is 21.1. The fraction of sp³-hybridized carbons (Fsp3) is 0.357. The monoisotopic (exact) mass is 533 g/mol. The third kappa shape index (κ3) is 8.08. The normalized spacial score (nSPS) is 12.7. The second kappa shape index (κ2) is 11.4. The highest BCUT2D eigenvalue weighted by Gasteiger charge is 2.30. The molecule has 0 aliphatic carbocycles. The first-order chi connectivity index (χ1) is 17.2. The van der Waals surface area contributed by atoms with Crippen molar-refractivity contribution in [3.05, 3.63) is 75.5 Å². The number of carbonyl (C=O) groups is 2. The van der Waals surface area contributed by atoms with Crippen LogP contribution >= 0.6 is 11.3 Å². The maximum atomic E-state index is 12.9. The predicted molar refractivity (Wildman–Crippen MR) is 138 cm³/mol. The van der Waals surface area contributed by atoms with Crippen LogP contribution in [0.1, 0.15) is 65.4 Å². The average molecular weight is 534 g/mol. The molecule has 0 bridgehead atoms. The molecule has 1 amide bonds. The van der Waals surface area contributed by atoms with E-state index >= 15 is 0 Å². The summed E-state index contributed by atoms with van der Waals surface area (Å²) in [5.41, 5.74) is 1.58. The lowest BCUT2D eigenvalue weighted by molar-refractivity contribution is -0.138. The van der Waals surface area contributed by atoms with Gasteiger partial charge in [0.15, 0.2) is 0 Å². The number of thiophene rings is 1. The van der Waals surface area contributed by atoms with E-state index in [4.69, 9.17) is 9.84 Å². The van der Waals surface area contributed by atoms with Gasteiger partial charge in [0.25, 0.3) is 5.91 Å². The molecule has 0 fully saturated rings. The van der Waals surface area contributed by atoms with E-state index in [1.54, 1.807) is 12.1 Å². The highest BCUT2D eigenvalue weighted by Crippen LogP contribution is 2.38. The van der Waals surface area contributed by atoms with Gasteiger partial charge in [0.2, 0.25) is 0 Å². The quantitative estimate of drug-likeness (QED) is 0.299. The zero-order valence-corrected chi connectivity index (χ0v) is 21.9. The van der Waals surface area contributed by atoms with E-state index in [2.05, 4.69) is 26.1 Å². The standard InChI is InChI=1S/C28H30F3NO4S/c1-17-15-20(9-10-21(17)18-5-7-19(8-6-18)28(29,30)31)36-22(16-27(2,3)4)23-11-12-24(37-23)26(35)32-14-13-25(33)34/h5-12,15,22H,13-14,16H2,1-4H3,(H,32,35)(H,33,34). The maximum Gasteiger partial charge on any atom is 0.416 e. The number of alkyl halides is 3. The van der Waals surface area contributed by atoms with Gasteiger partial charge in [-0.1, -0.05) is 39.0 Å². The van der Waals surface area contributed by atoms with Gasteiger partial charge in [-0.25, -0.2) is 0 Å². The van der Waals surface area contributed by atoms with Crippen LogP contribution in [0, 0.1) is 12.3 Å². The molecule has 3 aromatic rings. The molecule has 5 nitrogen and oxygen atoms in total. The molecular weight excluding hydrogens is 503 g/mol. The number of benzene rings is 2. The van der Waals surface area contributed by atoms with Crippen molar-refractivity contribution in [1.29, 1.82) is 0 Å². The summed E-state index contributed by atoms with van der Waals surface area (Å²) in [5, 5.41) is 11.4. The van der Waals surface area contributed by atoms with Crippen LogP contribution in [0.5, 0.6) is 5.75 Å². The number of hydrogen-bond acceptors (Lipinski definition) is 4. The molecule has 3 rings (SSSR count). The fourth-order valence-corrected chi connectivity index (χ4v) is 4.76. The van der Waals surface area contributed by atoms with Crippen molar-refractivity contribution in [3.63, 3.8) is 0 Å². The number of aryl methyl sites for hydroxylation is 1. The van der Waals surface area contributed by atoms with Gasteiger partial charge < -0.3 is 15.2 Å². The lowest BCUT2D eigenvalue weighted by atomic mass is 9.88. The summed E-state index contributed by atoms with van der Waals surface area (Å²) in [7, 11) is 0. The van der Waals surface area contributed by atoms with Crippen molar-refractivity contribution in [2.45, 2.75) is 52.8 Å².